The molecule has 1 N–H and O–H groups in total. The number of rotatable bonds is 9. The number of nitrogens with one attached hydrogen (secondary N) is 1. The van der Waals surface area contributed by atoms with Crippen LogP contribution in [0.4, 0.5) is 0 Å². The van der Waals surface area contributed by atoms with Crippen molar-refractivity contribution >= 4 is 23.6 Å². The molecule has 144 valence electrons. The maximum absolute atomic E-state index is 12.9. The third-order valence-corrected chi connectivity index (χ3v) is 5.47. The van der Waals surface area contributed by atoms with Crippen LogP contribution in [0.15, 0.2) is 65.6 Å². The van der Waals surface area contributed by atoms with Crippen molar-refractivity contribution in [2.75, 3.05) is 5.75 Å². The second kappa shape index (κ2) is 10.8. The Hall–Kier alpha value is -2.27. The molecular weight excluding hydrogens is 356 g/mol. The van der Waals surface area contributed by atoms with Crippen molar-refractivity contribution in [2.45, 2.75) is 50.7 Å². The van der Waals surface area contributed by atoms with Gasteiger partial charge in [0, 0.05) is 17.5 Å². The molecule has 0 heterocycles. The zero-order chi connectivity index (χ0) is 19.6. The van der Waals surface area contributed by atoms with Gasteiger partial charge in [-0.25, -0.2) is 0 Å². The first-order valence-corrected chi connectivity index (χ1v) is 10.3. The third kappa shape index (κ3) is 6.75. The van der Waals surface area contributed by atoms with E-state index >= 15 is 0 Å². The molecule has 0 saturated heterocycles. The van der Waals surface area contributed by atoms with Gasteiger partial charge in [0.25, 0.3) is 0 Å². The standard InChI is InChI=1S/C22H28N2O2S/c1-4-17(2)23-22(26)18(3)24(15-19-11-7-5-8-12-19)21(25)16-27-20-13-9-6-10-14-20/h5-14,17-18H,4,15-16H2,1-3H3,(H,23,26)/t17-,18-/m0/s1. The topological polar surface area (TPSA) is 49.4 Å². The van der Waals surface area contributed by atoms with Gasteiger partial charge in [0.2, 0.25) is 11.8 Å². The maximum Gasteiger partial charge on any atom is 0.242 e. The van der Waals surface area contributed by atoms with Crippen molar-refractivity contribution in [1.82, 2.24) is 10.2 Å². The van der Waals surface area contributed by atoms with E-state index in [2.05, 4.69) is 5.32 Å². The number of benzene rings is 2. The van der Waals surface area contributed by atoms with Crippen LogP contribution >= 0.6 is 11.8 Å². The Labute approximate surface area is 166 Å². The van der Waals surface area contributed by atoms with Crippen LogP contribution < -0.4 is 5.32 Å². The molecule has 0 aliphatic carbocycles. The van der Waals surface area contributed by atoms with E-state index in [0.29, 0.717) is 12.3 Å². The molecule has 4 nitrogen and oxygen atoms in total. The molecule has 0 fully saturated rings. The largest absolute Gasteiger partial charge is 0.352 e. The molecule has 2 atom stereocenters. The molecule has 0 aliphatic heterocycles. The van der Waals surface area contributed by atoms with Crippen molar-refractivity contribution in [2.24, 2.45) is 0 Å². The second-order valence-corrected chi connectivity index (χ2v) is 7.65. The summed E-state index contributed by atoms with van der Waals surface area (Å²) in [5, 5.41) is 2.98. The maximum atomic E-state index is 12.9. The summed E-state index contributed by atoms with van der Waals surface area (Å²) < 4.78 is 0. The Bertz CT molecular complexity index is 722. The minimum Gasteiger partial charge on any atom is -0.352 e. The number of amides is 2. The van der Waals surface area contributed by atoms with Crippen LogP contribution in [-0.2, 0) is 16.1 Å². The van der Waals surface area contributed by atoms with E-state index in [0.717, 1.165) is 16.9 Å². The molecule has 0 saturated carbocycles. The first-order chi connectivity index (χ1) is 13.0. The average molecular weight is 385 g/mol. The van der Waals surface area contributed by atoms with Crippen molar-refractivity contribution < 1.29 is 9.59 Å². The summed E-state index contributed by atoms with van der Waals surface area (Å²) in [4.78, 5) is 28.3. The number of carbonyl (C=O) groups excluding carboxylic acids is 2. The van der Waals surface area contributed by atoms with Gasteiger partial charge in [-0.3, -0.25) is 9.59 Å². The summed E-state index contributed by atoms with van der Waals surface area (Å²) in [6.07, 6.45) is 0.856. The molecule has 27 heavy (non-hydrogen) atoms. The Balaban J connectivity index is 2.10. The highest BCUT2D eigenvalue weighted by atomic mass is 32.2. The van der Waals surface area contributed by atoms with Crippen LogP contribution in [0.3, 0.4) is 0 Å². The van der Waals surface area contributed by atoms with E-state index in [4.69, 9.17) is 0 Å². The van der Waals surface area contributed by atoms with E-state index in [1.165, 1.54) is 11.8 Å². The molecule has 0 radical (unpaired) electrons. The van der Waals surface area contributed by atoms with Gasteiger partial charge in [0.15, 0.2) is 0 Å². The molecule has 2 amide bonds. The minimum absolute atomic E-state index is 0.0421. The molecule has 2 aromatic carbocycles. The zero-order valence-electron chi connectivity index (χ0n) is 16.2. The Kier molecular flexibility index (Phi) is 8.40. The van der Waals surface area contributed by atoms with Crippen molar-refractivity contribution in [3.63, 3.8) is 0 Å². The van der Waals surface area contributed by atoms with Gasteiger partial charge in [-0.15, -0.1) is 11.8 Å². The van der Waals surface area contributed by atoms with Crippen LogP contribution in [0.1, 0.15) is 32.8 Å². The summed E-state index contributed by atoms with van der Waals surface area (Å²) in [6.45, 7) is 6.22. The predicted octanol–water partition coefficient (Wildman–Crippen LogP) is 4.11. The Morgan fingerprint density at radius 1 is 1.00 bits per heavy atom. The lowest BCUT2D eigenvalue weighted by atomic mass is 10.1. The lowest BCUT2D eigenvalue weighted by molar-refractivity contribution is -0.138. The molecule has 0 aliphatic rings. The number of hydrogen-bond acceptors (Lipinski definition) is 3. The fraction of sp³-hybridized carbons (Fsp3) is 0.364. The van der Waals surface area contributed by atoms with E-state index in [-0.39, 0.29) is 17.9 Å². The summed E-state index contributed by atoms with van der Waals surface area (Å²) in [5.41, 5.74) is 1.01. The Morgan fingerprint density at radius 2 is 1.59 bits per heavy atom. The van der Waals surface area contributed by atoms with Crippen molar-refractivity contribution in [1.29, 1.82) is 0 Å². The molecule has 2 rings (SSSR count). The summed E-state index contributed by atoms with van der Waals surface area (Å²) in [6, 6.07) is 19.2. The molecule has 0 spiro atoms. The van der Waals surface area contributed by atoms with Crippen LogP contribution in [-0.4, -0.2) is 34.6 Å². The van der Waals surface area contributed by atoms with Gasteiger partial charge >= 0.3 is 0 Å². The summed E-state index contributed by atoms with van der Waals surface area (Å²) in [5.74, 6) is 0.149. The smallest absolute Gasteiger partial charge is 0.242 e. The van der Waals surface area contributed by atoms with E-state index in [1.807, 2.05) is 74.5 Å². The highest BCUT2D eigenvalue weighted by Crippen LogP contribution is 2.19. The quantitative estimate of drug-likeness (QED) is 0.662. The molecule has 5 heteroatoms. The lowest BCUT2D eigenvalue weighted by Gasteiger charge is -2.29. The number of hydrogen-bond donors (Lipinski definition) is 1. The SMILES string of the molecule is CC[C@H](C)NC(=O)[C@H](C)N(Cc1ccccc1)C(=O)CSc1ccccc1. The first kappa shape index (κ1) is 21.0. The van der Waals surface area contributed by atoms with Crippen LogP contribution in [0.2, 0.25) is 0 Å². The Morgan fingerprint density at radius 3 is 2.19 bits per heavy atom. The molecule has 0 unspecified atom stereocenters. The van der Waals surface area contributed by atoms with Crippen LogP contribution in [0.25, 0.3) is 0 Å². The highest BCUT2D eigenvalue weighted by Gasteiger charge is 2.26. The van der Waals surface area contributed by atoms with Gasteiger partial charge in [-0.2, -0.15) is 0 Å². The van der Waals surface area contributed by atoms with Crippen molar-refractivity contribution in [3.8, 4) is 0 Å². The van der Waals surface area contributed by atoms with Crippen molar-refractivity contribution in [3.05, 3.63) is 66.2 Å². The third-order valence-electron chi connectivity index (χ3n) is 4.47. The first-order valence-electron chi connectivity index (χ1n) is 9.32. The zero-order valence-corrected chi connectivity index (χ0v) is 17.0. The van der Waals surface area contributed by atoms with E-state index in [1.54, 1.807) is 11.8 Å². The molecule has 0 bridgehead atoms. The number of thioether (sulfide) groups is 1. The minimum atomic E-state index is -0.525. The molecule has 2 aromatic rings. The van der Waals surface area contributed by atoms with Crippen LogP contribution in [0, 0.1) is 0 Å². The predicted molar refractivity (Wildman–Crippen MR) is 112 cm³/mol. The summed E-state index contributed by atoms with van der Waals surface area (Å²) in [7, 11) is 0. The van der Waals surface area contributed by atoms with Crippen LogP contribution in [0.5, 0.6) is 0 Å². The van der Waals surface area contributed by atoms with E-state index in [9.17, 15) is 9.59 Å². The van der Waals surface area contributed by atoms with Gasteiger partial charge in [0.1, 0.15) is 6.04 Å². The number of nitrogens with zero attached hydrogens (tertiary/aromatic N) is 1. The monoisotopic (exact) mass is 384 g/mol. The molecular formula is C22H28N2O2S. The van der Waals surface area contributed by atoms with Gasteiger partial charge < -0.3 is 10.2 Å². The van der Waals surface area contributed by atoms with E-state index < -0.39 is 6.04 Å². The second-order valence-electron chi connectivity index (χ2n) is 6.60. The number of carbonyl (C=O) groups is 2. The molecule has 0 aromatic heterocycles. The fourth-order valence-corrected chi connectivity index (χ4v) is 3.38. The van der Waals surface area contributed by atoms with Gasteiger partial charge in [-0.1, -0.05) is 55.5 Å². The lowest BCUT2D eigenvalue weighted by Crippen LogP contribution is -2.50. The summed E-state index contributed by atoms with van der Waals surface area (Å²) >= 11 is 1.49. The normalized spacial score (nSPS) is 12.9. The van der Waals surface area contributed by atoms with Gasteiger partial charge in [0.05, 0.1) is 5.75 Å². The average Bonchev–Trinajstić information content (AvgIpc) is 2.71. The highest BCUT2D eigenvalue weighted by molar-refractivity contribution is 8.00. The van der Waals surface area contributed by atoms with Gasteiger partial charge in [-0.05, 0) is 38.0 Å². The fourth-order valence-electron chi connectivity index (χ4n) is 2.57.